The number of thiophene rings is 1. The molecule has 1 aromatic carbocycles. The van der Waals surface area contributed by atoms with Crippen molar-refractivity contribution in [3.05, 3.63) is 69.9 Å². The molecule has 0 N–H and O–H groups in total. The molecule has 0 saturated heterocycles. The lowest BCUT2D eigenvalue weighted by molar-refractivity contribution is 0.105. The Balaban J connectivity index is 1.88. The van der Waals surface area contributed by atoms with E-state index < -0.39 is 0 Å². The van der Waals surface area contributed by atoms with Crippen LogP contribution in [-0.2, 0) is 0 Å². The van der Waals surface area contributed by atoms with Crippen molar-refractivity contribution in [2.75, 3.05) is 0 Å². The maximum Gasteiger partial charge on any atom is 0.195 e. The lowest BCUT2D eigenvalue weighted by Crippen LogP contribution is -1.97. The number of para-hydroxylation sites is 1. The first-order valence-corrected chi connectivity index (χ1v) is 7.35. The van der Waals surface area contributed by atoms with Gasteiger partial charge in [-0.15, -0.1) is 11.3 Å². The third-order valence-electron chi connectivity index (χ3n) is 2.83. The van der Waals surface area contributed by atoms with E-state index in [1.54, 1.807) is 29.2 Å². The minimum atomic E-state index is -0.0692. The molecule has 0 spiro atoms. The van der Waals surface area contributed by atoms with E-state index in [0.717, 1.165) is 11.3 Å². The fourth-order valence-electron chi connectivity index (χ4n) is 1.86. The number of carbonyl (C=O) groups is 1. The van der Waals surface area contributed by atoms with Crippen LogP contribution < -0.4 is 0 Å². The van der Waals surface area contributed by atoms with Crippen LogP contribution in [0.1, 0.15) is 15.2 Å². The molecular weight excluding hydrogens is 306 g/mol. The van der Waals surface area contributed by atoms with Crippen LogP contribution in [0.2, 0.25) is 4.34 Å². The van der Waals surface area contributed by atoms with Crippen LogP contribution in [0.3, 0.4) is 0 Å². The first-order valence-electron chi connectivity index (χ1n) is 6.16. The number of ketones is 1. The zero-order valence-corrected chi connectivity index (χ0v) is 12.4. The van der Waals surface area contributed by atoms with Gasteiger partial charge in [-0.25, -0.2) is 9.67 Å². The summed E-state index contributed by atoms with van der Waals surface area (Å²) in [6.45, 7) is 0. The highest BCUT2D eigenvalue weighted by atomic mass is 35.5. The fraction of sp³-hybridized carbons (Fsp3) is 0. The third kappa shape index (κ3) is 3.09. The summed E-state index contributed by atoms with van der Waals surface area (Å²) >= 11 is 7.11. The summed E-state index contributed by atoms with van der Waals surface area (Å²) in [5.41, 5.74) is 1.75. The molecule has 3 rings (SSSR count). The number of hydrogen-bond donors (Lipinski definition) is 0. The minimum absolute atomic E-state index is 0.0692. The second-order valence-electron chi connectivity index (χ2n) is 4.20. The molecule has 0 aliphatic rings. The van der Waals surface area contributed by atoms with E-state index in [9.17, 15) is 4.79 Å². The van der Waals surface area contributed by atoms with Crippen molar-refractivity contribution in [1.82, 2.24) is 14.8 Å². The molecule has 0 bridgehead atoms. The van der Waals surface area contributed by atoms with Crippen LogP contribution in [0.25, 0.3) is 11.8 Å². The Morgan fingerprint density at radius 2 is 2.10 bits per heavy atom. The summed E-state index contributed by atoms with van der Waals surface area (Å²) in [5, 5.41) is 4.11. The summed E-state index contributed by atoms with van der Waals surface area (Å²) in [5.74, 6) is -0.0692. The minimum Gasteiger partial charge on any atom is -0.288 e. The highest BCUT2D eigenvalue weighted by Crippen LogP contribution is 2.22. The highest BCUT2D eigenvalue weighted by Gasteiger charge is 2.06. The van der Waals surface area contributed by atoms with Crippen LogP contribution in [0, 0.1) is 0 Å². The number of benzene rings is 1. The molecule has 2 heterocycles. The van der Waals surface area contributed by atoms with E-state index >= 15 is 0 Å². The average Bonchev–Trinajstić information content (AvgIpc) is 3.16. The van der Waals surface area contributed by atoms with Gasteiger partial charge in [0, 0.05) is 5.56 Å². The van der Waals surface area contributed by atoms with Crippen LogP contribution in [0.5, 0.6) is 0 Å². The number of allylic oxidation sites excluding steroid dienone is 1. The zero-order chi connectivity index (χ0) is 14.7. The summed E-state index contributed by atoms with van der Waals surface area (Å²) in [6, 6.07) is 11.1. The lowest BCUT2D eigenvalue weighted by Gasteiger charge is -2.04. The summed E-state index contributed by atoms with van der Waals surface area (Å²) in [6.07, 6.45) is 6.40. The van der Waals surface area contributed by atoms with Crippen molar-refractivity contribution in [2.45, 2.75) is 0 Å². The van der Waals surface area contributed by atoms with E-state index in [2.05, 4.69) is 10.1 Å². The number of carbonyl (C=O) groups excluding carboxylic acids is 1. The van der Waals surface area contributed by atoms with Gasteiger partial charge in [0.1, 0.15) is 12.7 Å². The molecule has 0 aliphatic heterocycles. The van der Waals surface area contributed by atoms with E-state index in [-0.39, 0.29) is 5.78 Å². The van der Waals surface area contributed by atoms with E-state index in [1.807, 2.05) is 24.3 Å². The van der Waals surface area contributed by atoms with Gasteiger partial charge in [-0.1, -0.05) is 29.8 Å². The molecule has 0 saturated carbocycles. The van der Waals surface area contributed by atoms with Crippen molar-refractivity contribution in [3.8, 4) is 5.69 Å². The molecule has 4 nitrogen and oxygen atoms in total. The van der Waals surface area contributed by atoms with E-state index in [4.69, 9.17) is 11.6 Å². The number of hydrogen-bond acceptors (Lipinski definition) is 4. The van der Waals surface area contributed by atoms with Crippen molar-refractivity contribution in [2.24, 2.45) is 0 Å². The maximum atomic E-state index is 12.1. The van der Waals surface area contributed by atoms with Crippen molar-refractivity contribution >= 4 is 34.8 Å². The molecule has 2 aromatic heterocycles. The largest absolute Gasteiger partial charge is 0.288 e. The maximum absolute atomic E-state index is 12.1. The third-order valence-corrected chi connectivity index (χ3v) is 4.08. The number of aromatic nitrogens is 3. The number of halogens is 1. The Hall–Kier alpha value is -2.24. The number of rotatable bonds is 4. The Morgan fingerprint density at radius 3 is 2.81 bits per heavy atom. The molecular formula is C15H10ClN3OS. The van der Waals surface area contributed by atoms with Crippen LogP contribution in [0.15, 0.2) is 55.1 Å². The average molecular weight is 316 g/mol. The number of nitrogens with zero attached hydrogens (tertiary/aromatic N) is 3. The predicted molar refractivity (Wildman–Crippen MR) is 84.1 cm³/mol. The Morgan fingerprint density at radius 1 is 1.24 bits per heavy atom. The topological polar surface area (TPSA) is 47.8 Å². The van der Waals surface area contributed by atoms with Gasteiger partial charge in [0.2, 0.25) is 0 Å². The molecule has 0 atom stereocenters. The normalized spacial score (nSPS) is 11.1. The van der Waals surface area contributed by atoms with Gasteiger partial charge < -0.3 is 0 Å². The Labute approximate surface area is 130 Å². The molecule has 6 heteroatoms. The smallest absolute Gasteiger partial charge is 0.195 e. The van der Waals surface area contributed by atoms with Crippen molar-refractivity contribution in [3.63, 3.8) is 0 Å². The van der Waals surface area contributed by atoms with Gasteiger partial charge in [-0.3, -0.25) is 4.79 Å². The monoisotopic (exact) mass is 315 g/mol. The van der Waals surface area contributed by atoms with Crippen molar-refractivity contribution < 1.29 is 4.79 Å². The zero-order valence-electron chi connectivity index (χ0n) is 10.8. The molecule has 21 heavy (non-hydrogen) atoms. The summed E-state index contributed by atoms with van der Waals surface area (Å²) in [4.78, 5) is 16.6. The quantitative estimate of drug-likeness (QED) is 0.542. The van der Waals surface area contributed by atoms with E-state index in [1.165, 1.54) is 23.7 Å². The lowest BCUT2D eigenvalue weighted by atomic mass is 10.1. The van der Waals surface area contributed by atoms with Gasteiger partial charge in [0.15, 0.2) is 5.78 Å². The fourth-order valence-corrected chi connectivity index (χ4v) is 2.83. The van der Waals surface area contributed by atoms with Gasteiger partial charge in [0.25, 0.3) is 0 Å². The molecule has 0 radical (unpaired) electrons. The molecule has 0 fully saturated rings. The van der Waals surface area contributed by atoms with Crippen molar-refractivity contribution in [1.29, 1.82) is 0 Å². The Bertz CT molecular complexity index is 793. The van der Waals surface area contributed by atoms with Crippen LogP contribution in [0.4, 0.5) is 0 Å². The molecule has 104 valence electrons. The van der Waals surface area contributed by atoms with Gasteiger partial charge in [0.05, 0.1) is 14.9 Å². The highest BCUT2D eigenvalue weighted by molar-refractivity contribution is 7.18. The Kier molecular flexibility index (Phi) is 3.94. The molecule has 0 unspecified atom stereocenters. The summed E-state index contributed by atoms with van der Waals surface area (Å²) in [7, 11) is 0. The molecule has 0 aliphatic carbocycles. The van der Waals surface area contributed by atoms with Gasteiger partial charge in [-0.05, 0) is 30.4 Å². The molecule has 0 amide bonds. The van der Waals surface area contributed by atoms with Gasteiger partial charge >= 0.3 is 0 Å². The van der Waals surface area contributed by atoms with E-state index in [0.29, 0.717) is 9.21 Å². The van der Waals surface area contributed by atoms with Gasteiger partial charge in [-0.2, -0.15) is 5.10 Å². The molecule has 3 aromatic rings. The second-order valence-corrected chi connectivity index (χ2v) is 5.92. The first kappa shape index (κ1) is 13.7. The first-order chi connectivity index (χ1) is 10.2. The summed E-state index contributed by atoms with van der Waals surface area (Å²) < 4.78 is 2.27. The van der Waals surface area contributed by atoms with Crippen LogP contribution in [-0.4, -0.2) is 20.5 Å². The predicted octanol–water partition coefficient (Wildman–Crippen LogP) is 3.88. The SMILES string of the molecule is O=C(/C=C\c1ccccc1-n1cncn1)c1ccc(Cl)s1. The van der Waals surface area contributed by atoms with Crippen LogP contribution >= 0.6 is 22.9 Å². The standard InChI is InChI=1S/C15H10ClN3OS/c16-15-8-7-14(21-15)13(20)6-5-11-3-1-2-4-12(11)19-10-17-9-18-19/h1-10H/b6-5-. The second kappa shape index (κ2) is 6.03.